The van der Waals surface area contributed by atoms with Gasteiger partial charge in [-0.1, -0.05) is 25.1 Å². The molecule has 36 heavy (non-hydrogen) atoms. The molecule has 194 valence electrons. The third-order valence-electron chi connectivity index (χ3n) is 4.43. The second-order valence-corrected chi connectivity index (χ2v) is 7.22. The predicted octanol–water partition coefficient (Wildman–Crippen LogP) is 4.44. The van der Waals surface area contributed by atoms with E-state index in [0.29, 0.717) is 18.6 Å². The first-order chi connectivity index (χ1) is 17.1. The van der Waals surface area contributed by atoms with Gasteiger partial charge in [0, 0.05) is 31.2 Å². The average Bonchev–Trinajstić information content (AvgIpc) is 2.86. The molecule has 0 saturated heterocycles. The van der Waals surface area contributed by atoms with Crippen molar-refractivity contribution in [2.24, 2.45) is 5.73 Å². The Bertz CT molecular complexity index is 1110. The molecule has 0 bridgehead atoms. The SMILES string of the molecule is CCC(=O)OC(C)Cc1ccc(F)cc1.COc1cccc(F)c1.COc1ccnc(C(N)=O)c1O. The third-order valence-corrected chi connectivity index (χ3v) is 4.43. The number of ether oxygens (including phenoxy) is 3. The zero-order chi connectivity index (χ0) is 27.1. The monoisotopic (exact) mass is 504 g/mol. The van der Waals surface area contributed by atoms with Crippen LogP contribution in [0.1, 0.15) is 36.3 Å². The van der Waals surface area contributed by atoms with E-state index in [2.05, 4.69) is 4.98 Å². The topological polar surface area (TPSA) is 121 Å². The molecule has 0 radical (unpaired) electrons. The van der Waals surface area contributed by atoms with E-state index < -0.39 is 5.91 Å². The lowest BCUT2D eigenvalue weighted by Gasteiger charge is -2.12. The second kappa shape index (κ2) is 15.6. The molecule has 0 aliphatic rings. The van der Waals surface area contributed by atoms with Gasteiger partial charge in [-0.25, -0.2) is 13.8 Å². The van der Waals surface area contributed by atoms with E-state index in [4.69, 9.17) is 19.9 Å². The van der Waals surface area contributed by atoms with E-state index >= 15 is 0 Å². The van der Waals surface area contributed by atoms with Crippen molar-refractivity contribution in [3.8, 4) is 17.2 Å². The highest BCUT2D eigenvalue weighted by molar-refractivity contribution is 5.94. The molecule has 3 rings (SSSR count). The lowest BCUT2D eigenvalue weighted by Crippen LogP contribution is -2.16. The number of aromatic hydroxyl groups is 1. The minimum absolute atomic E-state index is 0.164. The summed E-state index contributed by atoms with van der Waals surface area (Å²) in [5.41, 5.74) is 5.70. The van der Waals surface area contributed by atoms with Crippen molar-refractivity contribution >= 4 is 11.9 Å². The minimum Gasteiger partial charge on any atom is -0.503 e. The number of rotatable bonds is 7. The smallest absolute Gasteiger partial charge is 0.305 e. The van der Waals surface area contributed by atoms with Crippen LogP contribution in [0, 0.1) is 11.6 Å². The van der Waals surface area contributed by atoms with Crippen LogP contribution in [0.4, 0.5) is 8.78 Å². The normalized spacial score (nSPS) is 10.5. The molecule has 0 fully saturated rings. The molecule has 1 amide bonds. The van der Waals surface area contributed by atoms with Gasteiger partial charge in [0.25, 0.3) is 5.91 Å². The van der Waals surface area contributed by atoms with Crippen LogP contribution < -0.4 is 15.2 Å². The van der Waals surface area contributed by atoms with Crippen LogP contribution in [0.2, 0.25) is 0 Å². The number of nitrogens with zero attached hydrogens (tertiary/aromatic N) is 1. The summed E-state index contributed by atoms with van der Waals surface area (Å²) in [4.78, 5) is 25.2. The number of halogens is 2. The van der Waals surface area contributed by atoms with Crippen molar-refractivity contribution in [3.63, 3.8) is 0 Å². The Balaban J connectivity index is 0.000000279. The van der Waals surface area contributed by atoms with E-state index in [-0.39, 0.29) is 40.9 Å². The molecule has 1 aromatic heterocycles. The lowest BCUT2D eigenvalue weighted by molar-refractivity contribution is -0.147. The molecule has 0 aliphatic carbocycles. The fourth-order valence-corrected chi connectivity index (χ4v) is 2.68. The molecular formula is C26H30F2N2O6. The molecule has 1 heterocycles. The van der Waals surface area contributed by atoms with Crippen molar-refractivity contribution in [3.05, 3.63) is 83.7 Å². The number of nitrogens with two attached hydrogens (primary N) is 1. The van der Waals surface area contributed by atoms with Crippen molar-refractivity contribution in [1.82, 2.24) is 4.98 Å². The molecular weight excluding hydrogens is 474 g/mol. The van der Waals surface area contributed by atoms with Crippen molar-refractivity contribution < 1.29 is 37.7 Å². The number of primary amides is 1. The van der Waals surface area contributed by atoms with Gasteiger partial charge in [0.2, 0.25) is 0 Å². The highest BCUT2D eigenvalue weighted by Crippen LogP contribution is 2.26. The van der Waals surface area contributed by atoms with Gasteiger partial charge in [-0.2, -0.15) is 0 Å². The van der Waals surface area contributed by atoms with Gasteiger partial charge in [0.15, 0.2) is 17.2 Å². The molecule has 8 nitrogen and oxygen atoms in total. The Kier molecular flexibility index (Phi) is 13.0. The van der Waals surface area contributed by atoms with E-state index in [1.54, 1.807) is 31.2 Å². The highest BCUT2D eigenvalue weighted by atomic mass is 19.1. The zero-order valence-corrected chi connectivity index (χ0v) is 20.5. The van der Waals surface area contributed by atoms with Gasteiger partial charge in [0.05, 0.1) is 14.2 Å². The van der Waals surface area contributed by atoms with E-state index in [1.165, 1.54) is 50.7 Å². The number of carbonyl (C=O) groups excluding carboxylic acids is 2. The van der Waals surface area contributed by atoms with Gasteiger partial charge in [-0.15, -0.1) is 0 Å². The number of benzene rings is 2. The first-order valence-corrected chi connectivity index (χ1v) is 10.9. The average molecular weight is 505 g/mol. The Morgan fingerprint density at radius 2 is 1.69 bits per heavy atom. The number of methoxy groups -OCH3 is 2. The van der Waals surface area contributed by atoms with Crippen LogP contribution in [0.15, 0.2) is 60.8 Å². The summed E-state index contributed by atoms with van der Waals surface area (Å²) in [6.07, 6.45) is 2.17. The fraction of sp³-hybridized carbons (Fsp3) is 0.269. The molecule has 3 aromatic rings. The number of esters is 1. The summed E-state index contributed by atoms with van der Waals surface area (Å²) >= 11 is 0. The fourth-order valence-electron chi connectivity index (χ4n) is 2.68. The molecule has 1 atom stereocenters. The van der Waals surface area contributed by atoms with Gasteiger partial charge < -0.3 is 25.1 Å². The Morgan fingerprint density at radius 1 is 1.03 bits per heavy atom. The first kappa shape index (κ1) is 29.8. The Hall–Kier alpha value is -4.21. The van der Waals surface area contributed by atoms with Crippen LogP contribution in [-0.4, -0.2) is 42.3 Å². The summed E-state index contributed by atoms with van der Waals surface area (Å²) < 4.78 is 39.5. The van der Waals surface area contributed by atoms with Crippen LogP contribution in [-0.2, 0) is 16.0 Å². The van der Waals surface area contributed by atoms with Crippen LogP contribution in [0.3, 0.4) is 0 Å². The summed E-state index contributed by atoms with van der Waals surface area (Å²) in [6.45, 7) is 3.59. The molecule has 10 heteroatoms. The first-order valence-electron chi connectivity index (χ1n) is 10.9. The molecule has 0 spiro atoms. The van der Waals surface area contributed by atoms with Crippen molar-refractivity contribution in [2.75, 3.05) is 14.2 Å². The van der Waals surface area contributed by atoms with Gasteiger partial charge >= 0.3 is 5.97 Å². The Morgan fingerprint density at radius 3 is 2.19 bits per heavy atom. The van der Waals surface area contributed by atoms with Gasteiger partial charge in [0.1, 0.15) is 23.5 Å². The molecule has 0 saturated carbocycles. The van der Waals surface area contributed by atoms with Gasteiger partial charge in [-0.05, 0) is 36.8 Å². The number of pyridine rings is 1. The van der Waals surface area contributed by atoms with Crippen molar-refractivity contribution in [1.29, 1.82) is 0 Å². The minimum atomic E-state index is -0.786. The second-order valence-electron chi connectivity index (χ2n) is 7.22. The van der Waals surface area contributed by atoms with E-state index in [0.717, 1.165) is 5.56 Å². The van der Waals surface area contributed by atoms with E-state index in [1.807, 2.05) is 6.92 Å². The Labute approximate surface area is 208 Å². The van der Waals surface area contributed by atoms with E-state index in [9.17, 15) is 23.5 Å². The van der Waals surface area contributed by atoms with Crippen LogP contribution in [0.5, 0.6) is 17.2 Å². The lowest BCUT2D eigenvalue weighted by atomic mass is 10.1. The van der Waals surface area contributed by atoms with Crippen LogP contribution in [0.25, 0.3) is 0 Å². The predicted molar refractivity (Wildman–Crippen MR) is 130 cm³/mol. The molecule has 3 N–H and O–H groups in total. The van der Waals surface area contributed by atoms with Crippen molar-refractivity contribution in [2.45, 2.75) is 32.8 Å². The quantitative estimate of drug-likeness (QED) is 0.456. The number of hydrogen-bond donors (Lipinski definition) is 2. The highest BCUT2D eigenvalue weighted by Gasteiger charge is 2.12. The number of aromatic nitrogens is 1. The number of carbonyl (C=O) groups is 2. The van der Waals surface area contributed by atoms with Gasteiger partial charge in [-0.3, -0.25) is 9.59 Å². The summed E-state index contributed by atoms with van der Waals surface area (Å²) in [7, 11) is 2.88. The largest absolute Gasteiger partial charge is 0.503 e. The zero-order valence-electron chi connectivity index (χ0n) is 20.5. The maximum Gasteiger partial charge on any atom is 0.305 e. The summed E-state index contributed by atoms with van der Waals surface area (Å²) in [5.74, 6) is -1.11. The number of amides is 1. The molecule has 1 unspecified atom stereocenters. The molecule has 2 aromatic carbocycles. The number of hydrogen-bond acceptors (Lipinski definition) is 7. The maximum absolute atomic E-state index is 12.6. The summed E-state index contributed by atoms with van der Waals surface area (Å²) in [6, 6.07) is 13.7. The summed E-state index contributed by atoms with van der Waals surface area (Å²) in [5, 5.41) is 9.27. The van der Waals surface area contributed by atoms with Crippen LogP contribution >= 0.6 is 0 Å². The standard InChI is InChI=1S/C12H15FO2.C7H7FO.C7H8N2O3/c1-3-12(14)15-9(2)8-10-4-6-11(13)7-5-10;1-9-7-4-2-3-6(8)5-7;1-12-4-2-3-9-5(6(4)10)7(8)11/h4-7,9H,3,8H2,1-2H3;2-5H,1H3;2-3,10H,1H3,(H2,8,11). The molecule has 0 aliphatic heterocycles. The maximum atomic E-state index is 12.6. The third kappa shape index (κ3) is 10.8.